The van der Waals surface area contributed by atoms with Crippen LogP contribution in [0.3, 0.4) is 0 Å². The molecule has 1 amide bonds. The zero-order chi connectivity index (χ0) is 15.3. The van der Waals surface area contributed by atoms with Crippen LogP contribution in [0.15, 0.2) is 30.3 Å². The van der Waals surface area contributed by atoms with Crippen LogP contribution in [-0.4, -0.2) is 33.7 Å². The highest BCUT2D eigenvalue weighted by Crippen LogP contribution is 2.36. The molecule has 114 valence electrons. The van der Waals surface area contributed by atoms with E-state index in [0.717, 1.165) is 5.56 Å². The molecule has 1 aliphatic rings. The molecule has 1 saturated heterocycles. The summed E-state index contributed by atoms with van der Waals surface area (Å²) in [5, 5.41) is 12.1. The average Bonchev–Trinajstić information content (AvgIpc) is 2.77. The van der Waals surface area contributed by atoms with Crippen molar-refractivity contribution >= 4 is 23.8 Å². The van der Waals surface area contributed by atoms with Gasteiger partial charge in [0, 0.05) is 11.0 Å². The minimum Gasteiger partial charge on any atom is -0.481 e. The molecule has 2 atom stereocenters. The van der Waals surface area contributed by atoms with Crippen molar-refractivity contribution in [2.24, 2.45) is 0 Å². The third-order valence-electron chi connectivity index (χ3n) is 3.39. The number of carbonyl (C=O) groups is 2. The summed E-state index contributed by atoms with van der Waals surface area (Å²) in [6, 6.07) is 9.37. The Morgan fingerprint density at radius 2 is 2.14 bits per heavy atom. The van der Waals surface area contributed by atoms with Crippen molar-refractivity contribution in [2.45, 2.75) is 37.2 Å². The summed E-state index contributed by atoms with van der Waals surface area (Å²) in [6.45, 7) is 2.21. The quantitative estimate of drug-likeness (QED) is 0.874. The van der Waals surface area contributed by atoms with E-state index in [2.05, 4.69) is 5.32 Å². The number of nitrogens with one attached hydrogen (secondary N) is 1. The van der Waals surface area contributed by atoms with E-state index in [1.165, 1.54) is 0 Å². The predicted molar refractivity (Wildman–Crippen MR) is 81.3 cm³/mol. The number of alkyl carbamates (subject to hydrolysis) is 1. The average molecular weight is 309 g/mol. The smallest absolute Gasteiger partial charge is 0.407 e. The van der Waals surface area contributed by atoms with Crippen LogP contribution in [0.5, 0.6) is 0 Å². The molecule has 2 rings (SSSR count). The lowest BCUT2D eigenvalue weighted by atomic mass is 9.92. The monoisotopic (exact) mass is 309 g/mol. The van der Waals surface area contributed by atoms with Crippen molar-refractivity contribution in [1.82, 2.24) is 5.32 Å². The molecule has 0 bridgehead atoms. The fourth-order valence-corrected chi connectivity index (χ4v) is 3.82. The van der Waals surface area contributed by atoms with Gasteiger partial charge in [-0.05, 0) is 12.0 Å². The molecule has 1 heterocycles. The third kappa shape index (κ3) is 4.67. The molecule has 0 aliphatic carbocycles. The molecule has 0 radical (unpaired) electrons. The zero-order valence-corrected chi connectivity index (χ0v) is 12.7. The van der Waals surface area contributed by atoms with E-state index in [0.29, 0.717) is 17.4 Å². The molecular weight excluding hydrogens is 290 g/mol. The molecule has 1 aliphatic heterocycles. The van der Waals surface area contributed by atoms with Gasteiger partial charge in [0.2, 0.25) is 0 Å². The Morgan fingerprint density at radius 1 is 1.43 bits per heavy atom. The van der Waals surface area contributed by atoms with Crippen molar-refractivity contribution in [3.63, 3.8) is 0 Å². The highest BCUT2D eigenvalue weighted by molar-refractivity contribution is 8.00. The van der Waals surface area contributed by atoms with Gasteiger partial charge in [0.1, 0.15) is 6.61 Å². The number of ether oxygens (including phenoxy) is 1. The van der Waals surface area contributed by atoms with Gasteiger partial charge in [-0.25, -0.2) is 4.79 Å². The van der Waals surface area contributed by atoms with E-state index < -0.39 is 17.6 Å². The maximum Gasteiger partial charge on any atom is 0.407 e. The van der Waals surface area contributed by atoms with E-state index in [1.807, 2.05) is 37.3 Å². The fraction of sp³-hybridized carbons (Fsp3) is 0.467. The molecule has 1 aromatic carbocycles. The highest BCUT2D eigenvalue weighted by atomic mass is 32.2. The van der Waals surface area contributed by atoms with Gasteiger partial charge in [0.25, 0.3) is 0 Å². The number of carbonyl (C=O) groups excluding carboxylic acids is 1. The first-order valence-corrected chi connectivity index (χ1v) is 7.86. The second kappa shape index (κ2) is 6.85. The molecule has 2 unspecified atom stereocenters. The van der Waals surface area contributed by atoms with E-state index in [4.69, 9.17) is 9.84 Å². The number of thioether (sulfide) groups is 1. The summed E-state index contributed by atoms with van der Waals surface area (Å²) in [7, 11) is 0. The van der Waals surface area contributed by atoms with Crippen LogP contribution < -0.4 is 5.32 Å². The minimum absolute atomic E-state index is 0.0786. The van der Waals surface area contributed by atoms with Crippen molar-refractivity contribution in [3.8, 4) is 0 Å². The maximum atomic E-state index is 11.9. The van der Waals surface area contributed by atoms with Crippen molar-refractivity contribution in [2.75, 3.05) is 5.75 Å². The first-order chi connectivity index (χ1) is 9.99. The number of amides is 1. The molecule has 1 aromatic rings. The number of benzene rings is 1. The Bertz CT molecular complexity index is 508. The van der Waals surface area contributed by atoms with E-state index in [9.17, 15) is 9.59 Å². The van der Waals surface area contributed by atoms with Crippen LogP contribution in [-0.2, 0) is 16.1 Å². The first-order valence-electron chi connectivity index (χ1n) is 6.81. The van der Waals surface area contributed by atoms with E-state index in [-0.39, 0.29) is 13.0 Å². The van der Waals surface area contributed by atoms with Crippen LogP contribution in [0, 0.1) is 0 Å². The van der Waals surface area contributed by atoms with Gasteiger partial charge >= 0.3 is 12.1 Å². The van der Waals surface area contributed by atoms with Crippen LogP contribution >= 0.6 is 11.8 Å². The van der Waals surface area contributed by atoms with Crippen LogP contribution in [0.4, 0.5) is 4.79 Å². The second-order valence-corrected chi connectivity index (χ2v) is 6.79. The van der Waals surface area contributed by atoms with E-state index in [1.54, 1.807) is 11.8 Å². The third-order valence-corrected chi connectivity index (χ3v) is 4.85. The Kier molecular flexibility index (Phi) is 5.12. The number of hydrogen-bond donors (Lipinski definition) is 2. The number of rotatable bonds is 5. The number of hydrogen-bond acceptors (Lipinski definition) is 4. The molecule has 0 saturated carbocycles. The summed E-state index contributed by atoms with van der Waals surface area (Å²) >= 11 is 1.67. The lowest BCUT2D eigenvalue weighted by Gasteiger charge is -2.27. The molecule has 21 heavy (non-hydrogen) atoms. The molecule has 6 heteroatoms. The fourth-order valence-electron chi connectivity index (χ4n) is 2.49. The Hall–Kier alpha value is -1.69. The SMILES string of the molecule is CC1CC(CC(=O)O)(NC(=O)OCc2ccccc2)CS1. The lowest BCUT2D eigenvalue weighted by Crippen LogP contribution is -2.50. The number of aliphatic carboxylic acids is 1. The predicted octanol–water partition coefficient (Wildman–Crippen LogP) is 2.65. The number of carboxylic acids is 1. The molecule has 0 spiro atoms. The van der Waals surface area contributed by atoms with Gasteiger partial charge in [-0.3, -0.25) is 4.79 Å². The topological polar surface area (TPSA) is 75.6 Å². The highest BCUT2D eigenvalue weighted by Gasteiger charge is 2.41. The van der Waals surface area contributed by atoms with Crippen molar-refractivity contribution < 1.29 is 19.4 Å². The molecule has 1 fully saturated rings. The summed E-state index contributed by atoms with van der Waals surface area (Å²) in [5.74, 6) is -0.311. The first kappa shape index (κ1) is 15.7. The Labute approximate surface area is 128 Å². The van der Waals surface area contributed by atoms with Crippen LogP contribution in [0.25, 0.3) is 0 Å². The molecule has 5 nitrogen and oxygen atoms in total. The zero-order valence-electron chi connectivity index (χ0n) is 11.9. The minimum atomic E-state index is -0.909. The Morgan fingerprint density at radius 3 is 2.71 bits per heavy atom. The van der Waals surface area contributed by atoms with Gasteiger partial charge < -0.3 is 15.2 Å². The number of carboxylic acid groups (broad SMARTS) is 1. The van der Waals surface area contributed by atoms with Gasteiger partial charge in [-0.1, -0.05) is 37.3 Å². The summed E-state index contributed by atoms with van der Waals surface area (Å²) in [5.41, 5.74) is 0.193. The maximum absolute atomic E-state index is 11.9. The molecule has 0 aromatic heterocycles. The van der Waals surface area contributed by atoms with Crippen LogP contribution in [0.1, 0.15) is 25.3 Å². The second-order valence-electron chi connectivity index (χ2n) is 5.36. The van der Waals surface area contributed by atoms with E-state index >= 15 is 0 Å². The largest absolute Gasteiger partial charge is 0.481 e. The Balaban J connectivity index is 1.91. The van der Waals surface area contributed by atoms with Gasteiger partial charge in [-0.15, -0.1) is 0 Å². The lowest BCUT2D eigenvalue weighted by molar-refractivity contribution is -0.138. The summed E-state index contributed by atoms with van der Waals surface area (Å²) in [4.78, 5) is 23.0. The van der Waals surface area contributed by atoms with Crippen LogP contribution in [0.2, 0.25) is 0 Å². The normalized spacial score (nSPS) is 24.5. The molecule has 2 N–H and O–H groups in total. The van der Waals surface area contributed by atoms with Crippen molar-refractivity contribution in [3.05, 3.63) is 35.9 Å². The molecular formula is C15H19NO4S. The van der Waals surface area contributed by atoms with Gasteiger partial charge in [-0.2, -0.15) is 11.8 Å². The summed E-state index contributed by atoms with van der Waals surface area (Å²) < 4.78 is 5.18. The standard InChI is InChI=1S/C15H19NO4S/c1-11-7-15(10-21-11,8-13(17)18)16-14(19)20-9-12-5-3-2-4-6-12/h2-6,11H,7-10H2,1H3,(H,16,19)(H,17,18). The van der Waals surface area contributed by atoms with Crippen molar-refractivity contribution in [1.29, 1.82) is 0 Å². The van der Waals surface area contributed by atoms with Gasteiger partial charge in [0.15, 0.2) is 0 Å². The van der Waals surface area contributed by atoms with Gasteiger partial charge in [0.05, 0.1) is 12.0 Å². The summed E-state index contributed by atoms with van der Waals surface area (Å²) in [6.07, 6.45) is 0.00430.